The monoisotopic (exact) mass is 274 g/mol. The van der Waals surface area contributed by atoms with Crippen LogP contribution in [0.5, 0.6) is 0 Å². The number of piperidine rings is 1. The average Bonchev–Trinajstić information content (AvgIpc) is 2.49. The maximum atomic E-state index is 12.5. The third-order valence-electron chi connectivity index (χ3n) is 4.18. The average molecular weight is 274 g/mol. The predicted molar refractivity (Wildman–Crippen MR) is 82.3 cm³/mol. The van der Waals surface area contributed by atoms with E-state index in [-0.39, 0.29) is 5.91 Å². The van der Waals surface area contributed by atoms with Gasteiger partial charge in [0.25, 0.3) is 0 Å². The molecule has 3 heteroatoms. The molecule has 1 amide bonds. The van der Waals surface area contributed by atoms with Crippen molar-refractivity contribution < 1.29 is 4.79 Å². The first kappa shape index (κ1) is 15.0. The molecule has 1 aliphatic rings. The molecule has 3 nitrogen and oxygen atoms in total. The number of amides is 1. The second-order valence-corrected chi connectivity index (χ2v) is 5.72. The molecule has 0 saturated carbocycles. The van der Waals surface area contributed by atoms with E-state index >= 15 is 0 Å². The Bertz CT molecular complexity index is 425. The maximum Gasteiger partial charge on any atom is 0.227 e. The maximum absolute atomic E-state index is 12.5. The van der Waals surface area contributed by atoms with E-state index < -0.39 is 0 Å². The molecule has 110 valence electrons. The van der Waals surface area contributed by atoms with Crippen molar-refractivity contribution in [2.24, 2.45) is 5.73 Å². The Morgan fingerprint density at radius 2 is 1.95 bits per heavy atom. The fourth-order valence-electron chi connectivity index (χ4n) is 3.03. The van der Waals surface area contributed by atoms with Crippen LogP contribution < -0.4 is 5.73 Å². The van der Waals surface area contributed by atoms with Gasteiger partial charge in [0, 0.05) is 19.1 Å². The van der Waals surface area contributed by atoms with Crippen LogP contribution in [0.1, 0.15) is 50.2 Å². The molecule has 2 N–H and O–H groups in total. The Hall–Kier alpha value is -1.35. The molecule has 0 aliphatic carbocycles. The molecule has 0 aromatic heterocycles. The highest BCUT2D eigenvalue weighted by Gasteiger charge is 2.25. The zero-order chi connectivity index (χ0) is 14.4. The molecule has 1 atom stereocenters. The normalized spacial score (nSPS) is 19.1. The standard InChI is InChI=1S/C17H26N2O/c1-2-5-16-6-3-4-11-19(16)17(20)12-14-7-9-15(13-18)10-8-14/h7-10,16H,2-6,11-13,18H2,1H3. The van der Waals surface area contributed by atoms with Crippen LogP contribution in [-0.2, 0) is 17.8 Å². The summed E-state index contributed by atoms with van der Waals surface area (Å²) in [4.78, 5) is 14.6. The molecule has 0 spiro atoms. The van der Waals surface area contributed by atoms with E-state index in [2.05, 4.69) is 11.8 Å². The van der Waals surface area contributed by atoms with E-state index in [9.17, 15) is 4.79 Å². The Kier molecular flexibility index (Phi) is 5.60. The van der Waals surface area contributed by atoms with Gasteiger partial charge in [0.1, 0.15) is 0 Å². The molecule has 20 heavy (non-hydrogen) atoms. The first-order chi connectivity index (χ1) is 9.74. The summed E-state index contributed by atoms with van der Waals surface area (Å²) in [6.07, 6.45) is 6.39. The summed E-state index contributed by atoms with van der Waals surface area (Å²) in [6, 6.07) is 8.55. The van der Waals surface area contributed by atoms with Gasteiger partial charge in [-0.05, 0) is 36.8 Å². The molecular formula is C17H26N2O. The summed E-state index contributed by atoms with van der Waals surface area (Å²) in [7, 11) is 0. The number of nitrogens with two attached hydrogens (primary N) is 1. The molecule has 1 fully saturated rings. The number of hydrogen-bond acceptors (Lipinski definition) is 2. The molecule has 1 unspecified atom stereocenters. The summed E-state index contributed by atoms with van der Waals surface area (Å²) < 4.78 is 0. The minimum Gasteiger partial charge on any atom is -0.339 e. The molecule has 0 radical (unpaired) electrons. The highest BCUT2D eigenvalue weighted by Crippen LogP contribution is 2.22. The SMILES string of the molecule is CCCC1CCCCN1C(=O)Cc1ccc(CN)cc1. The lowest BCUT2D eigenvalue weighted by Crippen LogP contribution is -2.44. The molecule has 1 heterocycles. The number of likely N-dealkylation sites (tertiary alicyclic amines) is 1. The van der Waals surface area contributed by atoms with Crippen molar-refractivity contribution in [3.05, 3.63) is 35.4 Å². The van der Waals surface area contributed by atoms with Gasteiger partial charge < -0.3 is 10.6 Å². The number of benzene rings is 1. The Labute approximate surface area is 122 Å². The summed E-state index contributed by atoms with van der Waals surface area (Å²) >= 11 is 0. The van der Waals surface area contributed by atoms with Crippen LogP contribution in [-0.4, -0.2) is 23.4 Å². The smallest absolute Gasteiger partial charge is 0.227 e. The van der Waals surface area contributed by atoms with E-state index in [0.29, 0.717) is 19.0 Å². The van der Waals surface area contributed by atoms with E-state index in [4.69, 9.17) is 5.73 Å². The highest BCUT2D eigenvalue weighted by atomic mass is 16.2. The third kappa shape index (κ3) is 3.83. The van der Waals surface area contributed by atoms with Gasteiger partial charge in [-0.1, -0.05) is 37.6 Å². The largest absolute Gasteiger partial charge is 0.339 e. The quantitative estimate of drug-likeness (QED) is 0.897. The van der Waals surface area contributed by atoms with Crippen LogP contribution in [0.3, 0.4) is 0 Å². The summed E-state index contributed by atoms with van der Waals surface area (Å²) in [5.41, 5.74) is 7.80. The molecule has 1 saturated heterocycles. The molecular weight excluding hydrogens is 248 g/mol. The van der Waals surface area contributed by atoms with Crippen molar-refractivity contribution in [3.63, 3.8) is 0 Å². The topological polar surface area (TPSA) is 46.3 Å². The van der Waals surface area contributed by atoms with Crippen molar-refractivity contribution in [2.45, 2.75) is 58.0 Å². The van der Waals surface area contributed by atoms with Crippen LogP contribution in [0.2, 0.25) is 0 Å². The highest BCUT2D eigenvalue weighted by molar-refractivity contribution is 5.79. The molecule has 2 rings (SSSR count). The van der Waals surface area contributed by atoms with Gasteiger partial charge in [0.05, 0.1) is 6.42 Å². The molecule has 0 bridgehead atoms. The molecule has 1 aromatic carbocycles. The van der Waals surface area contributed by atoms with E-state index in [1.807, 2.05) is 24.3 Å². The molecule has 1 aromatic rings. The Morgan fingerprint density at radius 1 is 1.25 bits per heavy atom. The van der Waals surface area contributed by atoms with Crippen molar-refractivity contribution in [2.75, 3.05) is 6.54 Å². The Morgan fingerprint density at radius 3 is 2.60 bits per heavy atom. The van der Waals surface area contributed by atoms with Gasteiger partial charge >= 0.3 is 0 Å². The van der Waals surface area contributed by atoms with Gasteiger partial charge in [-0.25, -0.2) is 0 Å². The third-order valence-corrected chi connectivity index (χ3v) is 4.18. The fraction of sp³-hybridized carbons (Fsp3) is 0.588. The lowest BCUT2D eigenvalue weighted by molar-refractivity contribution is -0.134. The second kappa shape index (κ2) is 7.44. The zero-order valence-electron chi connectivity index (χ0n) is 12.5. The lowest BCUT2D eigenvalue weighted by atomic mass is 9.97. The second-order valence-electron chi connectivity index (χ2n) is 5.72. The Balaban J connectivity index is 1.98. The summed E-state index contributed by atoms with van der Waals surface area (Å²) in [6.45, 7) is 3.69. The number of carbonyl (C=O) groups excluding carboxylic acids is 1. The first-order valence-electron chi connectivity index (χ1n) is 7.82. The van der Waals surface area contributed by atoms with Crippen molar-refractivity contribution in [1.82, 2.24) is 4.90 Å². The van der Waals surface area contributed by atoms with Crippen LogP contribution in [0, 0.1) is 0 Å². The minimum absolute atomic E-state index is 0.281. The van der Waals surface area contributed by atoms with Crippen LogP contribution in [0.25, 0.3) is 0 Å². The van der Waals surface area contributed by atoms with E-state index in [1.165, 1.54) is 12.8 Å². The zero-order valence-corrected chi connectivity index (χ0v) is 12.5. The van der Waals surface area contributed by atoms with Crippen LogP contribution >= 0.6 is 0 Å². The first-order valence-corrected chi connectivity index (χ1v) is 7.82. The van der Waals surface area contributed by atoms with Crippen LogP contribution in [0.15, 0.2) is 24.3 Å². The van der Waals surface area contributed by atoms with Crippen molar-refractivity contribution in [3.8, 4) is 0 Å². The van der Waals surface area contributed by atoms with E-state index in [0.717, 1.165) is 36.9 Å². The summed E-state index contributed by atoms with van der Waals surface area (Å²) in [5, 5.41) is 0. The van der Waals surface area contributed by atoms with Crippen molar-refractivity contribution in [1.29, 1.82) is 0 Å². The van der Waals surface area contributed by atoms with Gasteiger partial charge in [-0.3, -0.25) is 4.79 Å². The van der Waals surface area contributed by atoms with Gasteiger partial charge in [0.15, 0.2) is 0 Å². The van der Waals surface area contributed by atoms with Gasteiger partial charge in [-0.2, -0.15) is 0 Å². The predicted octanol–water partition coefficient (Wildman–Crippen LogP) is 2.87. The van der Waals surface area contributed by atoms with Gasteiger partial charge in [0.2, 0.25) is 5.91 Å². The number of carbonyl (C=O) groups is 1. The summed E-state index contributed by atoms with van der Waals surface area (Å²) in [5.74, 6) is 0.281. The fourth-order valence-corrected chi connectivity index (χ4v) is 3.03. The number of hydrogen-bond donors (Lipinski definition) is 1. The minimum atomic E-state index is 0.281. The number of rotatable bonds is 5. The van der Waals surface area contributed by atoms with E-state index in [1.54, 1.807) is 0 Å². The van der Waals surface area contributed by atoms with Crippen molar-refractivity contribution >= 4 is 5.91 Å². The van der Waals surface area contributed by atoms with Gasteiger partial charge in [-0.15, -0.1) is 0 Å². The number of nitrogens with zero attached hydrogens (tertiary/aromatic N) is 1. The molecule has 1 aliphatic heterocycles. The lowest BCUT2D eigenvalue weighted by Gasteiger charge is -2.36. The van der Waals surface area contributed by atoms with Crippen LogP contribution in [0.4, 0.5) is 0 Å².